The molecule has 6 rings (SSSR count). The smallest absolute Gasteiger partial charge is 0.155 e. The van der Waals surface area contributed by atoms with Crippen LogP contribution in [0.3, 0.4) is 0 Å². The number of aromatic amines is 1. The fourth-order valence-electron chi connectivity index (χ4n) is 4.92. The molecule has 4 aromatic heterocycles. The van der Waals surface area contributed by atoms with Gasteiger partial charge in [0.2, 0.25) is 0 Å². The van der Waals surface area contributed by atoms with E-state index in [0.29, 0.717) is 13.1 Å². The lowest BCUT2D eigenvalue weighted by Gasteiger charge is -2.14. The van der Waals surface area contributed by atoms with E-state index in [4.69, 9.17) is 9.97 Å². The molecule has 2 aromatic carbocycles. The lowest BCUT2D eigenvalue weighted by atomic mass is 9.95. The van der Waals surface area contributed by atoms with Gasteiger partial charge in [-0.05, 0) is 60.5 Å². The van der Waals surface area contributed by atoms with Crippen LogP contribution in [-0.4, -0.2) is 36.6 Å². The molecule has 0 atom stereocenters. The van der Waals surface area contributed by atoms with Crippen molar-refractivity contribution in [1.29, 1.82) is 0 Å². The standard InChI is InChI=1S/C31H30N8/c1-21-8-7-13-27(36-21)31-30(24-14-15-29-34-20-35-39(29)19-24)37-28(38-31)18-33-17-23-10-4-6-12-26(23)25-11-5-3-9-22(25)16-32-2/h3-15,19-20,32-33H,16-18H2,1-2H3,(H,37,38). The Morgan fingerprint density at radius 2 is 1.56 bits per heavy atom. The first-order chi connectivity index (χ1) is 19.2. The highest BCUT2D eigenvalue weighted by Crippen LogP contribution is 2.30. The minimum Gasteiger partial charge on any atom is -0.339 e. The Labute approximate surface area is 227 Å². The second-order valence-electron chi connectivity index (χ2n) is 9.50. The molecule has 0 unspecified atom stereocenters. The number of imidazole rings is 1. The van der Waals surface area contributed by atoms with E-state index in [9.17, 15) is 0 Å². The van der Waals surface area contributed by atoms with Crippen LogP contribution in [0.4, 0.5) is 0 Å². The number of benzene rings is 2. The molecule has 194 valence electrons. The molecular formula is C31H30N8. The molecular weight excluding hydrogens is 484 g/mol. The van der Waals surface area contributed by atoms with Gasteiger partial charge in [0.15, 0.2) is 5.65 Å². The van der Waals surface area contributed by atoms with Crippen molar-refractivity contribution >= 4 is 5.65 Å². The minimum atomic E-state index is 0.580. The number of rotatable bonds is 9. The van der Waals surface area contributed by atoms with Crippen molar-refractivity contribution in [3.8, 4) is 33.8 Å². The molecule has 0 aliphatic rings. The molecule has 4 heterocycles. The average molecular weight is 515 g/mol. The third-order valence-corrected chi connectivity index (χ3v) is 6.74. The SMILES string of the molecule is CNCc1ccccc1-c1ccccc1CNCc1nc(-c2ccc3ncnn3c2)c(-c2cccc(C)n2)[nH]1. The summed E-state index contributed by atoms with van der Waals surface area (Å²) in [5.41, 5.74) is 10.3. The number of fused-ring (bicyclic) bond motifs is 1. The predicted octanol–water partition coefficient (Wildman–Crippen LogP) is 5.17. The summed E-state index contributed by atoms with van der Waals surface area (Å²) in [7, 11) is 1.98. The highest BCUT2D eigenvalue weighted by molar-refractivity contribution is 5.77. The summed E-state index contributed by atoms with van der Waals surface area (Å²) in [5.74, 6) is 0.843. The minimum absolute atomic E-state index is 0.580. The lowest BCUT2D eigenvalue weighted by molar-refractivity contribution is 0.670. The first-order valence-corrected chi connectivity index (χ1v) is 13.0. The van der Waals surface area contributed by atoms with Gasteiger partial charge < -0.3 is 15.6 Å². The third-order valence-electron chi connectivity index (χ3n) is 6.74. The van der Waals surface area contributed by atoms with Crippen molar-refractivity contribution in [3.05, 3.63) is 114 Å². The van der Waals surface area contributed by atoms with E-state index in [2.05, 4.69) is 74.2 Å². The highest BCUT2D eigenvalue weighted by atomic mass is 15.3. The molecule has 0 amide bonds. The molecule has 8 nitrogen and oxygen atoms in total. The maximum Gasteiger partial charge on any atom is 0.155 e. The van der Waals surface area contributed by atoms with Gasteiger partial charge in [-0.2, -0.15) is 5.10 Å². The van der Waals surface area contributed by atoms with Gasteiger partial charge in [0.05, 0.1) is 23.6 Å². The number of aromatic nitrogens is 6. The molecule has 0 bridgehead atoms. The first kappa shape index (κ1) is 24.7. The van der Waals surface area contributed by atoms with Gasteiger partial charge >= 0.3 is 0 Å². The molecule has 0 aliphatic heterocycles. The third kappa shape index (κ3) is 5.20. The van der Waals surface area contributed by atoms with Crippen molar-refractivity contribution in [3.63, 3.8) is 0 Å². The van der Waals surface area contributed by atoms with Gasteiger partial charge in [0, 0.05) is 30.5 Å². The Hall–Kier alpha value is -4.66. The lowest BCUT2D eigenvalue weighted by Crippen LogP contribution is -2.14. The van der Waals surface area contributed by atoms with Gasteiger partial charge in [0.1, 0.15) is 12.2 Å². The number of nitrogens with zero attached hydrogens (tertiary/aromatic N) is 5. The second-order valence-corrected chi connectivity index (χ2v) is 9.50. The number of hydrogen-bond donors (Lipinski definition) is 3. The number of hydrogen-bond acceptors (Lipinski definition) is 6. The molecule has 39 heavy (non-hydrogen) atoms. The van der Waals surface area contributed by atoms with Crippen LogP contribution in [0.25, 0.3) is 39.4 Å². The molecule has 0 radical (unpaired) electrons. The van der Waals surface area contributed by atoms with Gasteiger partial charge in [0.25, 0.3) is 0 Å². The van der Waals surface area contributed by atoms with Crippen LogP contribution in [0.2, 0.25) is 0 Å². The zero-order chi connectivity index (χ0) is 26.6. The molecule has 0 spiro atoms. The molecule has 6 aromatic rings. The van der Waals surface area contributed by atoms with Crippen molar-refractivity contribution in [2.24, 2.45) is 0 Å². The predicted molar refractivity (Wildman–Crippen MR) is 154 cm³/mol. The second kappa shape index (κ2) is 11.0. The zero-order valence-corrected chi connectivity index (χ0v) is 22.0. The normalized spacial score (nSPS) is 11.3. The summed E-state index contributed by atoms with van der Waals surface area (Å²) in [4.78, 5) is 17.6. The van der Waals surface area contributed by atoms with Crippen molar-refractivity contribution in [2.45, 2.75) is 26.6 Å². The summed E-state index contributed by atoms with van der Waals surface area (Å²) in [5, 5.41) is 11.2. The van der Waals surface area contributed by atoms with E-state index in [1.165, 1.54) is 22.3 Å². The summed E-state index contributed by atoms with van der Waals surface area (Å²) in [6.45, 7) is 4.11. The average Bonchev–Trinajstić information content (AvgIpc) is 3.61. The van der Waals surface area contributed by atoms with Crippen LogP contribution in [0.1, 0.15) is 22.6 Å². The van der Waals surface area contributed by atoms with Crippen LogP contribution in [0, 0.1) is 6.92 Å². The van der Waals surface area contributed by atoms with Crippen molar-refractivity contribution in [2.75, 3.05) is 7.05 Å². The molecule has 8 heteroatoms. The Bertz CT molecular complexity index is 1730. The van der Waals surface area contributed by atoms with Crippen LogP contribution < -0.4 is 10.6 Å². The van der Waals surface area contributed by atoms with Gasteiger partial charge in [-0.15, -0.1) is 0 Å². The monoisotopic (exact) mass is 514 g/mol. The molecule has 0 saturated heterocycles. The number of aryl methyl sites for hydroxylation is 1. The van der Waals surface area contributed by atoms with Crippen LogP contribution in [-0.2, 0) is 19.6 Å². The van der Waals surface area contributed by atoms with Crippen LogP contribution in [0.15, 0.2) is 91.4 Å². The summed E-state index contributed by atoms with van der Waals surface area (Å²) in [6.07, 6.45) is 3.50. The maximum absolute atomic E-state index is 5.00. The van der Waals surface area contributed by atoms with Crippen LogP contribution in [0.5, 0.6) is 0 Å². The highest BCUT2D eigenvalue weighted by Gasteiger charge is 2.17. The van der Waals surface area contributed by atoms with E-state index in [1.54, 1.807) is 10.8 Å². The van der Waals surface area contributed by atoms with Gasteiger partial charge in [-0.3, -0.25) is 4.98 Å². The fraction of sp³-hybridized carbons (Fsp3) is 0.161. The number of nitrogens with one attached hydrogen (secondary N) is 3. The van der Waals surface area contributed by atoms with E-state index >= 15 is 0 Å². The number of H-pyrrole nitrogens is 1. The quantitative estimate of drug-likeness (QED) is 0.247. The number of pyridine rings is 2. The molecule has 0 aliphatic carbocycles. The Morgan fingerprint density at radius 1 is 0.795 bits per heavy atom. The van der Waals surface area contributed by atoms with Crippen molar-refractivity contribution < 1.29 is 0 Å². The Morgan fingerprint density at radius 3 is 2.33 bits per heavy atom. The van der Waals surface area contributed by atoms with E-state index in [1.807, 2.05) is 50.5 Å². The summed E-state index contributed by atoms with van der Waals surface area (Å²) in [6, 6.07) is 27.1. The van der Waals surface area contributed by atoms with E-state index < -0.39 is 0 Å². The van der Waals surface area contributed by atoms with E-state index in [0.717, 1.165) is 46.4 Å². The molecule has 0 fully saturated rings. The van der Waals surface area contributed by atoms with Gasteiger partial charge in [-0.25, -0.2) is 14.5 Å². The summed E-state index contributed by atoms with van der Waals surface area (Å²) < 4.78 is 1.76. The van der Waals surface area contributed by atoms with Crippen molar-refractivity contribution in [1.82, 2.24) is 40.2 Å². The van der Waals surface area contributed by atoms with E-state index in [-0.39, 0.29) is 0 Å². The zero-order valence-electron chi connectivity index (χ0n) is 22.0. The largest absolute Gasteiger partial charge is 0.339 e. The first-order valence-electron chi connectivity index (χ1n) is 13.0. The summed E-state index contributed by atoms with van der Waals surface area (Å²) >= 11 is 0. The molecule has 3 N–H and O–H groups in total. The van der Waals surface area contributed by atoms with Gasteiger partial charge in [-0.1, -0.05) is 54.6 Å². The topological polar surface area (TPSA) is 95.8 Å². The molecule has 0 saturated carbocycles. The Kier molecular flexibility index (Phi) is 6.95. The Balaban J connectivity index is 1.28. The fourth-order valence-corrected chi connectivity index (χ4v) is 4.92. The van der Waals surface area contributed by atoms with Crippen LogP contribution >= 0.6 is 0 Å². The maximum atomic E-state index is 5.00.